The summed E-state index contributed by atoms with van der Waals surface area (Å²) in [6.07, 6.45) is 1.16. The Balaban J connectivity index is 1.42. The predicted molar refractivity (Wildman–Crippen MR) is 146 cm³/mol. The van der Waals surface area contributed by atoms with E-state index in [2.05, 4.69) is 82.0 Å². The number of anilines is 1. The van der Waals surface area contributed by atoms with Crippen molar-refractivity contribution in [3.05, 3.63) is 92.9 Å². The molecule has 0 spiro atoms. The van der Waals surface area contributed by atoms with E-state index in [9.17, 15) is 4.79 Å². The van der Waals surface area contributed by atoms with Gasteiger partial charge in [-0.05, 0) is 56.0 Å². The monoisotopic (exact) mass is 511 g/mol. The van der Waals surface area contributed by atoms with Crippen LogP contribution in [0, 0.1) is 20.8 Å². The molecule has 2 aromatic heterocycles. The standard InChI is InChI=1S/C29H29N5O2S/c1-17-18(2)37-29-26(17)27(30-24(15-25(35)36-4)28-32-31-19(3)34(28)29)21-9-11-23(12-10-21)33-14-13-20-7-5-6-8-22(20)16-33/h5-12,24H,13-16H2,1-4H3/t24-/m0/s1. The highest BCUT2D eigenvalue weighted by molar-refractivity contribution is 7.15. The predicted octanol–water partition coefficient (Wildman–Crippen LogP) is 5.27. The molecule has 1 atom stereocenters. The van der Waals surface area contributed by atoms with Crippen LogP contribution >= 0.6 is 11.3 Å². The van der Waals surface area contributed by atoms with E-state index in [1.807, 2.05) is 6.92 Å². The molecule has 0 radical (unpaired) electrons. The number of carbonyl (C=O) groups is 1. The number of rotatable bonds is 4. The molecule has 4 heterocycles. The van der Waals surface area contributed by atoms with Crippen LogP contribution < -0.4 is 4.90 Å². The minimum absolute atomic E-state index is 0.108. The maximum absolute atomic E-state index is 12.3. The number of aryl methyl sites for hydroxylation is 2. The molecule has 0 bridgehead atoms. The Bertz CT molecular complexity index is 1530. The van der Waals surface area contributed by atoms with Crippen LogP contribution in [-0.2, 0) is 22.5 Å². The summed E-state index contributed by atoms with van der Waals surface area (Å²) in [6, 6.07) is 16.9. The number of thiophene rings is 1. The zero-order valence-electron chi connectivity index (χ0n) is 21.5. The highest BCUT2D eigenvalue weighted by Gasteiger charge is 2.32. The van der Waals surface area contributed by atoms with Gasteiger partial charge in [0.15, 0.2) is 5.82 Å². The van der Waals surface area contributed by atoms with Gasteiger partial charge in [-0.25, -0.2) is 0 Å². The molecule has 188 valence electrons. The second-order valence-corrected chi connectivity index (χ2v) is 10.9. The summed E-state index contributed by atoms with van der Waals surface area (Å²) < 4.78 is 7.06. The zero-order valence-corrected chi connectivity index (χ0v) is 22.3. The van der Waals surface area contributed by atoms with Crippen molar-refractivity contribution in [2.45, 2.75) is 46.2 Å². The molecular formula is C29H29N5O2S. The molecule has 0 unspecified atom stereocenters. The SMILES string of the molecule is COC(=O)C[C@@H]1N=C(c2ccc(N3CCc4ccccc4C3)cc2)c2c(sc(C)c2C)-n2c(C)nnc21. The highest BCUT2D eigenvalue weighted by atomic mass is 32.1. The van der Waals surface area contributed by atoms with E-state index in [1.165, 1.54) is 34.4 Å². The summed E-state index contributed by atoms with van der Waals surface area (Å²) in [7, 11) is 1.40. The fourth-order valence-electron chi connectivity index (χ4n) is 5.31. The summed E-state index contributed by atoms with van der Waals surface area (Å²) in [4.78, 5) is 21.2. The van der Waals surface area contributed by atoms with E-state index < -0.39 is 6.04 Å². The molecule has 7 nitrogen and oxygen atoms in total. The number of aliphatic imine (C=N–C) groups is 1. The molecular weight excluding hydrogens is 482 g/mol. The van der Waals surface area contributed by atoms with Crippen LogP contribution in [0.3, 0.4) is 0 Å². The van der Waals surface area contributed by atoms with Crippen molar-refractivity contribution in [2.24, 2.45) is 4.99 Å². The van der Waals surface area contributed by atoms with E-state index in [-0.39, 0.29) is 12.4 Å². The number of hydrogen-bond acceptors (Lipinski definition) is 7. The van der Waals surface area contributed by atoms with Gasteiger partial charge in [0.25, 0.3) is 0 Å². The Kier molecular flexibility index (Phi) is 5.91. The molecule has 4 aromatic rings. The quantitative estimate of drug-likeness (QED) is 0.349. The van der Waals surface area contributed by atoms with Crippen LogP contribution in [0.15, 0.2) is 53.5 Å². The Hall–Kier alpha value is -3.78. The fraction of sp³-hybridized carbons (Fsp3) is 0.310. The van der Waals surface area contributed by atoms with Crippen molar-refractivity contribution in [1.82, 2.24) is 14.8 Å². The Morgan fingerprint density at radius 3 is 2.57 bits per heavy atom. The molecule has 0 aliphatic carbocycles. The lowest BCUT2D eigenvalue weighted by Gasteiger charge is -2.30. The lowest BCUT2D eigenvalue weighted by molar-refractivity contribution is -0.141. The Morgan fingerprint density at radius 2 is 1.81 bits per heavy atom. The van der Waals surface area contributed by atoms with Gasteiger partial charge in [0.2, 0.25) is 0 Å². The summed E-state index contributed by atoms with van der Waals surface area (Å²) in [6.45, 7) is 8.13. The van der Waals surface area contributed by atoms with E-state index in [0.29, 0.717) is 5.82 Å². The topological polar surface area (TPSA) is 72.6 Å². The molecule has 8 heteroatoms. The lowest BCUT2D eigenvalue weighted by Crippen LogP contribution is -2.30. The number of ether oxygens (including phenoxy) is 1. The molecule has 0 amide bonds. The number of hydrogen-bond donors (Lipinski definition) is 0. The highest BCUT2D eigenvalue weighted by Crippen LogP contribution is 2.39. The maximum atomic E-state index is 12.3. The summed E-state index contributed by atoms with van der Waals surface area (Å²) in [5, 5.41) is 9.83. The minimum Gasteiger partial charge on any atom is -0.469 e. The van der Waals surface area contributed by atoms with Gasteiger partial charge in [0.1, 0.15) is 16.9 Å². The van der Waals surface area contributed by atoms with Gasteiger partial charge in [-0.2, -0.15) is 0 Å². The minimum atomic E-state index is -0.485. The first-order valence-corrected chi connectivity index (χ1v) is 13.4. The van der Waals surface area contributed by atoms with Crippen molar-refractivity contribution in [3.63, 3.8) is 0 Å². The van der Waals surface area contributed by atoms with Gasteiger partial charge in [-0.15, -0.1) is 21.5 Å². The number of benzene rings is 2. The Labute approximate surface area is 220 Å². The van der Waals surface area contributed by atoms with Crippen molar-refractivity contribution >= 4 is 28.7 Å². The van der Waals surface area contributed by atoms with E-state index >= 15 is 0 Å². The van der Waals surface area contributed by atoms with Crippen molar-refractivity contribution in [1.29, 1.82) is 0 Å². The average Bonchev–Trinajstić information content (AvgIpc) is 3.40. The number of methoxy groups -OCH3 is 1. The van der Waals surface area contributed by atoms with Crippen molar-refractivity contribution < 1.29 is 9.53 Å². The van der Waals surface area contributed by atoms with Crippen LogP contribution in [0.1, 0.15) is 56.8 Å². The van der Waals surface area contributed by atoms with E-state index in [0.717, 1.165) is 47.2 Å². The molecule has 6 rings (SSSR count). The molecule has 2 aliphatic heterocycles. The normalized spacial score (nSPS) is 16.4. The largest absolute Gasteiger partial charge is 0.469 e. The lowest BCUT2D eigenvalue weighted by atomic mass is 9.97. The first kappa shape index (κ1) is 23.6. The zero-order chi connectivity index (χ0) is 25.7. The summed E-state index contributed by atoms with van der Waals surface area (Å²) >= 11 is 1.71. The molecule has 0 saturated heterocycles. The third-order valence-electron chi connectivity index (χ3n) is 7.46. The maximum Gasteiger partial charge on any atom is 0.308 e. The smallest absolute Gasteiger partial charge is 0.308 e. The number of esters is 1. The van der Waals surface area contributed by atoms with Gasteiger partial charge in [-0.1, -0.05) is 36.4 Å². The fourth-order valence-corrected chi connectivity index (χ4v) is 6.53. The first-order valence-electron chi connectivity index (χ1n) is 12.5. The summed E-state index contributed by atoms with van der Waals surface area (Å²) in [5.41, 5.74) is 8.21. The van der Waals surface area contributed by atoms with Crippen molar-refractivity contribution in [3.8, 4) is 5.00 Å². The van der Waals surface area contributed by atoms with Crippen LogP contribution in [0.25, 0.3) is 5.00 Å². The van der Waals surface area contributed by atoms with Gasteiger partial charge in [0.05, 0.1) is 19.2 Å². The molecule has 37 heavy (non-hydrogen) atoms. The van der Waals surface area contributed by atoms with Gasteiger partial charge in [-0.3, -0.25) is 14.4 Å². The number of carbonyl (C=O) groups excluding carboxylic acids is 1. The third-order valence-corrected chi connectivity index (χ3v) is 8.66. The number of fused-ring (bicyclic) bond motifs is 4. The van der Waals surface area contributed by atoms with Crippen molar-refractivity contribution in [2.75, 3.05) is 18.6 Å². The van der Waals surface area contributed by atoms with Crippen LogP contribution in [0.5, 0.6) is 0 Å². The van der Waals surface area contributed by atoms with Gasteiger partial charge >= 0.3 is 5.97 Å². The van der Waals surface area contributed by atoms with Crippen LogP contribution in [0.4, 0.5) is 5.69 Å². The van der Waals surface area contributed by atoms with Crippen LogP contribution in [0.2, 0.25) is 0 Å². The number of nitrogens with zero attached hydrogens (tertiary/aromatic N) is 5. The second kappa shape index (κ2) is 9.27. The molecule has 2 aliphatic rings. The molecule has 0 fully saturated rings. The first-order chi connectivity index (χ1) is 17.9. The average molecular weight is 512 g/mol. The van der Waals surface area contributed by atoms with E-state index in [1.54, 1.807) is 11.3 Å². The molecule has 2 aromatic carbocycles. The number of aromatic nitrogens is 3. The Morgan fingerprint density at radius 1 is 1.05 bits per heavy atom. The second-order valence-electron chi connectivity index (χ2n) is 9.67. The van der Waals surface area contributed by atoms with Crippen LogP contribution in [-0.4, -0.2) is 40.1 Å². The van der Waals surface area contributed by atoms with E-state index in [4.69, 9.17) is 9.73 Å². The molecule has 0 saturated carbocycles. The molecule has 0 N–H and O–H groups in total. The van der Waals surface area contributed by atoms with Gasteiger partial charge in [0, 0.05) is 34.8 Å². The van der Waals surface area contributed by atoms with Gasteiger partial charge < -0.3 is 9.64 Å². The summed E-state index contributed by atoms with van der Waals surface area (Å²) in [5.74, 6) is 1.13. The third kappa shape index (κ3) is 4.05.